The van der Waals surface area contributed by atoms with Crippen molar-refractivity contribution >= 4 is 11.6 Å². The number of benzene rings is 2. The Labute approximate surface area is 178 Å². The van der Waals surface area contributed by atoms with Gasteiger partial charge in [-0.05, 0) is 43.7 Å². The summed E-state index contributed by atoms with van der Waals surface area (Å²) in [6, 6.07) is 21.0. The highest BCUT2D eigenvalue weighted by Gasteiger charge is 2.27. The quantitative estimate of drug-likeness (QED) is 0.615. The molecule has 3 aromatic rings. The SMILES string of the molecule is CC1Cc2ccccc2N1Cc1occc1C(=O)NCCN(C)Cc1ccccc1. The summed E-state index contributed by atoms with van der Waals surface area (Å²) < 4.78 is 5.70. The van der Waals surface area contributed by atoms with Crippen molar-refractivity contribution < 1.29 is 9.21 Å². The van der Waals surface area contributed by atoms with Gasteiger partial charge in [0.25, 0.3) is 5.91 Å². The van der Waals surface area contributed by atoms with Crippen LogP contribution in [0.15, 0.2) is 71.3 Å². The number of anilines is 1. The molecule has 1 amide bonds. The first kappa shape index (κ1) is 20.2. The standard InChI is InChI=1S/C25H29N3O2/c1-19-16-21-10-6-7-11-23(21)28(19)18-24-22(12-15-30-24)25(29)26-13-14-27(2)17-20-8-4-3-5-9-20/h3-12,15,19H,13-14,16-18H2,1-2H3,(H,26,29). The summed E-state index contributed by atoms with van der Waals surface area (Å²) in [7, 11) is 2.06. The summed E-state index contributed by atoms with van der Waals surface area (Å²) in [6.45, 7) is 5.05. The molecule has 1 N–H and O–H groups in total. The summed E-state index contributed by atoms with van der Waals surface area (Å²) in [4.78, 5) is 17.3. The predicted molar refractivity (Wildman–Crippen MR) is 120 cm³/mol. The first-order valence-corrected chi connectivity index (χ1v) is 10.5. The molecule has 156 valence electrons. The van der Waals surface area contributed by atoms with Gasteiger partial charge in [0.1, 0.15) is 5.76 Å². The third-order valence-electron chi connectivity index (χ3n) is 5.73. The third kappa shape index (κ3) is 4.57. The summed E-state index contributed by atoms with van der Waals surface area (Å²) in [6.07, 6.45) is 2.63. The van der Waals surface area contributed by atoms with Crippen LogP contribution in [0.25, 0.3) is 0 Å². The van der Waals surface area contributed by atoms with Crippen LogP contribution in [0.2, 0.25) is 0 Å². The van der Waals surface area contributed by atoms with Crippen LogP contribution in [0.1, 0.15) is 34.2 Å². The van der Waals surface area contributed by atoms with E-state index in [1.165, 1.54) is 16.8 Å². The van der Waals surface area contributed by atoms with Gasteiger partial charge in [0.2, 0.25) is 0 Å². The molecule has 0 spiro atoms. The maximum absolute atomic E-state index is 12.8. The van der Waals surface area contributed by atoms with E-state index in [0.29, 0.717) is 30.5 Å². The number of para-hydroxylation sites is 1. The number of hydrogen-bond acceptors (Lipinski definition) is 4. The topological polar surface area (TPSA) is 48.7 Å². The van der Waals surface area contributed by atoms with Crippen molar-refractivity contribution in [1.82, 2.24) is 10.2 Å². The Balaban J connectivity index is 1.32. The Morgan fingerprint density at radius 3 is 2.73 bits per heavy atom. The number of nitrogens with zero attached hydrogens (tertiary/aromatic N) is 2. The largest absolute Gasteiger partial charge is 0.467 e. The molecule has 0 saturated carbocycles. The molecular weight excluding hydrogens is 374 g/mol. The van der Waals surface area contributed by atoms with Crippen LogP contribution >= 0.6 is 0 Å². The zero-order valence-corrected chi connectivity index (χ0v) is 17.7. The molecule has 0 aliphatic carbocycles. The molecular formula is C25H29N3O2. The lowest BCUT2D eigenvalue weighted by molar-refractivity contribution is 0.0947. The molecule has 2 heterocycles. The van der Waals surface area contributed by atoms with Gasteiger partial charge in [0.05, 0.1) is 18.4 Å². The van der Waals surface area contributed by atoms with Crippen molar-refractivity contribution in [3.63, 3.8) is 0 Å². The Kier molecular flexibility index (Phi) is 6.19. The number of rotatable bonds is 8. The van der Waals surface area contributed by atoms with Gasteiger partial charge in [-0.3, -0.25) is 4.79 Å². The number of likely N-dealkylation sites (N-methyl/N-ethyl adjacent to an activating group) is 1. The number of furan rings is 1. The van der Waals surface area contributed by atoms with Crippen molar-refractivity contribution in [2.24, 2.45) is 0 Å². The maximum Gasteiger partial charge on any atom is 0.254 e. The number of amides is 1. The number of hydrogen-bond donors (Lipinski definition) is 1. The molecule has 1 atom stereocenters. The van der Waals surface area contributed by atoms with Gasteiger partial charge < -0.3 is 19.5 Å². The van der Waals surface area contributed by atoms with E-state index in [0.717, 1.165) is 19.5 Å². The van der Waals surface area contributed by atoms with Gasteiger partial charge >= 0.3 is 0 Å². The molecule has 5 heteroatoms. The van der Waals surface area contributed by atoms with Crippen molar-refractivity contribution in [3.8, 4) is 0 Å². The van der Waals surface area contributed by atoms with Crippen molar-refractivity contribution in [2.75, 3.05) is 25.0 Å². The average Bonchev–Trinajstić information content (AvgIpc) is 3.33. The number of fused-ring (bicyclic) bond motifs is 1. The lowest BCUT2D eigenvalue weighted by Gasteiger charge is -2.24. The van der Waals surface area contributed by atoms with E-state index in [-0.39, 0.29) is 5.91 Å². The molecule has 0 fully saturated rings. The number of nitrogens with one attached hydrogen (secondary N) is 1. The van der Waals surface area contributed by atoms with Crippen molar-refractivity contribution in [1.29, 1.82) is 0 Å². The zero-order valence-electron chi connectivity index (χ0n) is 17.7. The molecule has 2 aromatic carbocycles. The Morgan fingerprint density at radius 1 is 1.13 bits per heavy atom. The molecule has 1 aliphatic rings. The lowest BCUT2D eigenvalue weighted by Crippen LogP contribution is -2.34. The number of carbonyl (C=O) groups is 1. The first-order valence-electron chi connectivity index (χ1n) is 10.5. The summed E-state index contributed by atoms with van der Waals surface area (Å²) in [5.74, 6) is 0.640. The van der Waals surface area contributed by atoms with Gasteiger partial charge in [-0.1, -0.05) is 48.5 Å². The molecule has 5 nitrogen and oxygen atoms in total. The molecule has 0 bridgehead atoms. The van der Waals surface area contributed by atoms with Crippen LogP contribution in [0.3, 0.4) is 0 Å². The highest BCUT2D eigenvalue weighted by atomic mass is 16.3. The number of carbonyl (C=O) groups excluding carboxylic acids is 1. The van der Waals surface area contributed by atoms with E-state index >= 15 is 0 Å². The smallest absolute Gasteiger partial charge is 0.254 e. The van der Waals surface area contributed by atoms with Crippen LogP contribution < -0.4 is 10.2 Å². The molecule has 0 saturated heterocycles. The molecule has 4 rings (SSSR count). The fourth-order valence-corrected chi connectivity index (χ4v) is 4.12. The molecule has 1 aromatic heterocycles. The Morgan fingerprint density at radius 2 is 1.90 bits per heavy atom. The van der Waals surface area contributed by atoms with Crippen LogP contribution in [0.5, 0.6) is 0 Å². The minimum Gasteiger partial charge on any atom is -0.467 e. The van der Waals surface area contributed by atoms with Crippen LogP contribution in [0.4, 0.5) is 5.69 Å². The monoisotopic (exact) mass is 403 g/mol. The second kappa shape index (κ2) is 9.18. The van der Waals surface area contributed by atoms with E-state index < -0.39 is 0 Å². The van der Waals surface area contributed by atoms with Gasteiger partial charge in [0.15, 0.2) is 0 Å². The van der Waals surface area contributed by atoms with E-state index in [9.17, 15) is 4.79 Å². The van der Waals surface area contributed by atoms with E-state index in [2.05, 4.69) is 65.5 Å². The fraction of sp³-hybridized carbons (Fsp3) is 0.320. The van der Waals surface area contributed by atoms with E-state index in [1.807, 2.05) is 18.2 Å². The normalized spacial score (nSPS) is 15.4. The molecule has 30 heavy (non-hydrogen) atoms. The van der Waals surface area contributed by atoms with Gasteiger partial charge in [0, 0.05) is 31.4 Å². The second-order valence-electron chi connectivity index (χ2n) is 8.05. The van der Waals surface area contributed by atoms with E-state index in [4.69, 9.17) is 4.42 Å². The molecule has 1 aliphatic heterocycles. The van der Waals surface area contributed by atoms with Crippen LogP contribution in [-0.2, 0) is 19.5 Å². The highest BCUT2D eigenvalue weighted by Crippen LogP contribution is 2.33. The van der Waals surface area contributed by atoms with Crippen molar-refractivity contribution in [2.45, 2.75) is 32.5 Å². The Bertz CT molecular complexity index is 983. The predicted octanol–water partition coefficient (Wildman–Crippen LogP) is 4.09. The maximum atomic E-state index is 12.8. The Hall–Kier alpha value is -3.05. The minimum absolute atomic E-state index is 0.0769. The van der Waals surface area contributed by atoms with Crippen LogP contribution in [0, 0.1) is 0 Å². The minimum atomic E-state index is -0.0769. The first-order chi connectivity index (χ1) is 14.6. The van der Waals surface area contributed by atoms with Gasteiger partial charge in [-0.25, -0.2) is 0 Å². The fourth-order valence-electron chi connectivity index (χ4n) is 4.12. The average molecular weight is 404 g/mol. The summed E-state index contributed by atoms with van der Waals surface area (Å²) in [5.41, 5.74) is 4.47. The zero-order chi connectivity index (χ0) is 20.9. The summed E-state index contributed by atoms with van der Waals surface area (Å²) in [5, 5.41) is 3.04. The van der Waals surface area contributed by atoms with Crippen LogP contribution in [-0.4, -0.2) is 37.0 Å². The van der Waals surface area contributed by atoms with Gasteiger partial charge in [-0.15, -0.1) is 0 Å². The van der Waals surface area contributed by atoms with E-state index in [1.54, 1.807) is 12.3 Å². The summed E-state index contributed by atoms with van der Waals surface area (Å²) >= 11 is 0. The third-order valence-corrected chi connectivity index (χ3v) is 5.73. The lowest BCUT2D eigenvalue weighted by atomic mass is 10.1. The van der Waals surface area contributed by atoms with Crippen molar-refractivity contribution in [3.05, 3.63) is 89.4 Å². The molecule has 0 radical (unpaired) electrons. The second-order valence-corrected chi connectivity index (χ2v) is 8.05. The highest BCUT2D eigenvalue weighted by molar-refractivity contribution is 5.95. The van der Waals surface area contributed by atoms with Gasteiger partial charge in [-0.2, -0.15) is 0 Å². The molecule has 1 unspecified atom stereocenters.